The number of hydrogen-bond acceptors (Lipinski definition) is 2. The first-order valence-electron chi connectivity index (χ1n) is 5.39. The van der Waals surface area contributed by atoms with E-state index >= 15 is 0 Å². The van der Waals surface area contributed by atoms with Crippen molar-refractivity contribution in [3.8, 4) is 18.1 Å². The predicted molar refractivity (Wildman–Crippen MR) is 62.8 cm³/mol. The smallest absolute Gasteiger partial charge is 0.387 e. The summed E-state index contributed by atoms with van der Waals surface area (Å²) in [6, 6.07) is 6.61. The maximum absolute atomic E-state index is 12.2. The van der Waals surface area contributed by atoms with Crippen LogP contribution in [0.4, 0.5) is 8.78 Å². The molecule has 0 radical (unpaired) electrons. The Balaban J connectivity index is 2.67. The van der Waals surface area contributed by atoms with E-state index in [-0.39, 0.29) is 11.8 Å². The number of nitrogens with one attached hydrogen (secondary N) is 1. The van der Waals surface area contributed by atoms with Crippen LogP contribution in [0.5, 0.6) is 5.75 Å². The fraction of sp³-hybridized carbons (Fsp3) is 0.385. The van der Waals surface area contributed by atoms with Crippen molar-refractivity contribution in [3.05, 3.63) is 29.8 Å². The second-order valence-electron chi connectivity index (χ2n) is 3.49. The number of terminal acetylenes is 1. The van der Waals surface area contributed by atoms with E-state index in [1.807, 2.05) is 6.92 Å². The number of ether oxygens (including phenoxy) is 1. The van der Waals surface area contributed by atoms with Gasteiger partial charge in [0.2, 0.25) is 0 Å². The maximum atomic E-state index is 12.2. The molecule has 1 aromatic rings. The molecule has 0 heterocycles. The summed E-state index contributed by atoms with van der Waals surface area (Å²) in [5.74, 6) is 2.76. The summed E-state index contributed by atoms with van der Waals surface area (Å²) in [4.78, 5) is 0. The molecule has 0 saturated carbocycles. The summed E-state index contributed by atoms with van der Waals surface area (Å²) in [6.45, 7) is -0.448. The molecule has 1 atom stereocenters. The fourth-order valence-electron chi connectivity index (χ4n) is 1.42. The van der Waals surface area contributed by atoms with Gasteiger partial charge in [-0.2, -0.15) is 8.78 Å². The van der Waals surface area contributed by atoms with Crippen molar-refractivity contribution in [1.82, 2.24) is 5.32 Å². The van der Waals surface area contributed by atoms with Crippen molar-refractivity contribution in [2.24, 2.45) is 0 Å². The standard InChI is InChI=1S/C13H15F2NO/c1-3-11(4-2)16-9-10-7-5-6-8-12(10)17-13(14)15/h1,5-8,11,13,16H,4,9H2,2H3. The Bertz CT molecular complexity index is 387. The lowest BCUT2D eigenvalue weighted by Gasteiger charge is -2.14. The van der Waals surface area contributed by atoms with Gasteiger partial charge in [-0.25, -0.2) is 0 Å². The lowest BCUT2D eigenvalue weighted by Crippen LogP contribution is -2.26. The summed E-state index contributed by atoms with van der Waals surface area (Å²) in [6.07, 6.45) is 6.09. The van der Waals surface area contributed by atoms with Gasteiger partial charge in [0.05, 0.1) is 6.04 Å². The molecule has 0 aliphatic heterocycles. The number of benzene rings is 1. The molecule has 1 aromatic carbocycles. The zero-order chi connectivity index (χ0) is 12.7. The van der Waals surface area contributed by atoms with E-state index in [1.54, 1.807) is 18.2 Å². The molecule has 1 unspecified atom stereocenters. The summed E-state index contributed by atoms with van der Waals surface area (Å²) >= 11 is 0. The zero-order valence-electron chi connectivity index (χ0n) is 9.62. The van der Waals surface area contributed by atoms with E-state index in [1.165, 1.54) is 6.07 Å². The number of rotatable bonds is 6. The first-order valence-corrected chi connectivity index (χ1v) is 5.39. The van der Waals surface area contributed by atoms with Crippen LogP contribution >= 0.6 is 0 Å². The van der Waals surface area contributed by atoms with E-state index in [2.05, 4.69) is 16.0 Å². The lowest BCUT2D eigenvalue weighted by atomic mass is 10.1. The molecule has 4 heteroatoms. The van der Waals surface area contributed by atoms with Gasteiger partial charge < -0.3 is 4.74 Å². The van der Waals surface area contributed by atoms with Crippen LogP contribution in [0.1, 0.15) is 18.9 Å². The largest absolute Gasteiger partial charge is 0.434 e. The molecule has 92 valence electrons. The van der Waals surface area contributed by atoms with Gasteiger partial charge in [-0.15, -0.1) is 6.42 Å². The molecule has 0 aromatic heterocycles. The molecule has 2 nitrogen and oxygen atoms in total. The summed E-state index contributed by atoms with van der Waals surface area (Å²) < 4.78 is 28.7. The molecule has 0 amide bonds. The molecule has 0 saturated heterocycles. The van der Waals surface area contributed by atoms with Gasteiger partial charge in [-0.1, -0.05) is 31.0 Å². The normalized spacial score (nSPS) is 12.2. The van der Waals surface area contributed by atoms with Gasteiger partial charge in [0.25, 0.3) is 0 Å². The predicted octanol–water partition coefficient (Wildman–Crippen LogP) is 2.79. The third kappa shape index (κ3) is 4.41. The van der Waals surface area contributed by atoms with Crippen molar-refractivity contribution in [1.29, 1.82) is 0 Å². The van der Waals surface area contributed by atoms with Gasteiger partial charge >= 0.3 is 6.61 Å². The Morgan fingerprint density at radius 2 is 2.12 bits per heavy atom. The van der Waals surface area contributed by atoms with Crippen LogP contribution in [-0.2, 0) is 6.54 Å². The van der Waals surface area contributed by atoms with E-state index in [0.717, 1.165) is 6.42 Å². The first kappa shape index (κ1) is 13.5. The zero-order valence-corrected chi connectivity index (χ0v) is 9.62. The van der Waals surface area contributed by atoms with E-state index in [4.69, 9.17) is 6.42 Å². The molecule has 0 fully saturated rings. The average Bonchev–Trinajstić information content (AvgIpc) is 2.31. The highest BCUT2D eigenvalue weighted by Crippen LogP contribution is 2.20. The number of halogens is 2. The Labute approximate surface area is 100.0 Å². The van der Waals surface area contributed by atoms with Gasteiger partial charge in [0.15, 0.2) is 0 Å². The lowest BCUT2D eigenvalue weighted by molar-refractivity contribution is -0.0505. The molecule has 1 rings (SSSR count). The molecule has 17 heavy (non-hydrogen) atoms. The SMILES string of the molecule is C#CC(CC)NCc1ccccc1OC(F)F. The molecular weight excluding hydrogens is 224 g/mol. The molecule has 0 aliphatic carbocycles. The van der Waals surface area contributed by atoms with Gasteiger partial charge in [0.1, 0.15) is 5.75 Å². The Kier molecular flexibility index (Phi) is 5.44. The van der Waals surface area contributed by atoms with E-state index in [0.29, 0.717) is 12.1 Å². The minimum absolute atomic E-state index is 0.0605. The second kappa shape index (κ2) is 6.87. The van der Waals surface area contributed by atoms with Gasteiger partial charge in [-0.3, -0.25) is 5.32 Å². The minimum atomic E-state index is -2.81. The maximum Gasteiger partial charge on any atom is 0.387 e. The summed E-state index contributed by atoms with van der Waals surface area (Å²) in [5.41, 5.74) is 0.668. The third-order valence-corrected chi connectivity index (χ3v) is 2.34. The number of alkyl halides is 2. The highest BCUT2D eigenvalue weighted by Gasteiger charge is 2.09. The second-order valence-corrected chi connectivity index (χ2v) is 3.49. The van der Waals surface area contributed by atoms with Crippen LogP contribution in [0, 0.1) is 12.3 Å². The molecule has 0 aliphatic rings. The van der Waals surface area contributed by atoms with Crippen LogP contribution in [0.15, 0.2) is 24.3 Å². The van der Waals surface area contributed by atoms with Gasteiger partial charge in [0, 0.05) is 12.1 Å². The quantitative estimate of drug-likeness (QED) is 0.771. The highest BCUT2D eigenvalue weighted by atomic mass is 19.3. The van der Waals surface area contributed by atoms with Crippen LogP contribution in [0.2, 0.25) is 0 Å². The van der Waals surface area contributed by atoms with Crippen LogP contribution in [0.25, 0.3) is 0 Å². The summed E-state index contributed by atoms with van der Waals surface area (Å²) in [5, 5.41) is 3.09. The van der Waals surface area contributed by atoms with Crippen molar-refractivity contribution < 1.29 is 13.5 Å². The Morgan fingerprint density at radius 3 is 2.71 bits per heavy atom. The topological polar surface area (TPSA) is 21.3 Å². The summed E-state index contributed by atoms with van der Waals surface area (Å²) in [7, 11) is 0. The molecular formula is C13H15F2NO. The minimum Gasteiger partial charge on any atom is -0.434 e. The first-order chi connectivity index (χ1) is 8.17. The molecule has 0 spiro atoms. The van der Waals surface area contributed by atoms with Crippen LogP contribution < -0.4 is 10.1 Å². The highest BCUT2D eigenvalue weighted by molar-refractivity contribution is 5.33. The van der Waals surface area contributed by atoms with E-state index < -0.39 is 6.61 Å². The van der Waals surface area contributed by atoms with Gasteiger partial charge in [-0.05, 0) is 12.5 Å². The average molecular weight is 239 g/mol. The van der Waals surface area contributed by atoms with Crippen molar-refractivity contribution in [2.75, 3.05) is 0 Å². The van der Waals surface area contributed by atoms with Crippen molar-refractivity contribution in [2.45, 2.75) is 32.5 Å². The monoisotopic (exact) mass is 239 g/mol. The van der Waals surface area contributed by atoms with Crippen LogP contribution in [-0.4, -0.2) is 12.7 Å². The van der Waals surface area contributed by atoms with Crippen molar-refractivity contribution >= 4 is 0 Å². The number of para-hydroxylation sites is 1. The van der Waals surface area contributed by atoms with Crippen LogP contribution in [0.3, 0.4) is 0 Å². The molecule has 1 N–H and O–H groups in total. The van der Waals surface area contributed by atoms with E-state index in [9.17, 15) is 8.78 Å². The molecule has 0 bridgehead atoms. The fourth-order valence-corrected chi connectivity index (χ4v) is 1.42. The number of hydrogen-bond donors (Lipinski definition) is 1. The van der Waals surface area contributed by atoms with Crippen molar-refractivity contribution in [3.63, 3.8) is 0 Å². The third-order valence-electron chi connectivity index (χ3n) is 2.34. The Hall–Kier alpha value is -1.60. The Morgan fingerprint density at radius 1 is 1.41 bits per heavy atom.